The normalized spacial score (nSPS) is 20.2. The van der Waals surface area contributed by atoms with Gasteiger partial charge in [-0.1, -0.05) is 18.2 Å². The number of fused-ring (bicyclic) bond motifs is 1. The van der Waals surface area contributed by atoms with Crippen LogP contribution in [-0.4, -0.2) is 30.4 Å². The highest BCUT2D eigenvalue weighted by Crippen LogP contribution is 2.32. The fourth-order valence-corrected chi connectivity index (χ4v) is 3.39. The molecule has 102 valence electrons. The number of hydrogen-bond donors (Lipinski definition) is 1. The summed E-state index contributed by atoms with van der Waals surface area (Å²) < 4.78 is 0. The first kappa shape index (κ1) is 12.7. The number of nitrogens with zero attached hydrogens (tertiary/aromatic N) is 1. The van der Waals surface area contributed by atoms with Crippen molar-refractivity contribution in [1.82, 2.24) is 10.2 Å². The number of piperidine rings is 1. The molecule has 0 aliphatic carbocycles. The zero-order chi connectivity index (χ0) is 13.2. The molecular formula is C16H22N2O. The van der Waals surface area contributed by atoms with Gasteiger partial charge in [0.1, 0.15) is 0 Å². The highest BCUT2D eigenvalue weighted by atomic mass is 16.2. The number of hydrogen-bond acceptors (Lipinski definition) is 2. The first-order chi connectivity index (χ1) is 9.25. The number of carbonyl (C=O) groups excluding carboxylic acids is 1. The fourth-order valence-electron chi connectivity index (χ4n) is 3.39. The first-order valence-electron chi connectivity index (χ1n) is 7.32. The Balaban J connectivity index is 1.91. The second-order valence-electron chi connectivity index (χ2n) is 5.70. The Bertz CT molecular complexity index is 478. The lowest BCUT2D eigenvalue weighted by molar-refractivity contribution is -0.129. The number of benzene rings is 1. The van der Waals surface area contributed by atoms with E-state index in [0.29, 0.717) is 5.92 Å². The summed E-state index contributed by atoms with van der Waals surface area (Å²) in [6.07, 6.45) is 3.45. The molecule has 1 amide bonds. The topological polar surface area (TPSA) is 32.3 Å². The maximum absolute atomic E-state index is 11.6. The van der Waals surface area contributed by atoms with Crippen molar-refractivity contribution in [2.75, 3.05) is 19.6 Å². The minimum Gasteiger partial charge on any atom is -0.338 e. The molecule has 1 aromatic carbocycles. The standard InChI is InChI=1S/C16H22N2O/c1-12(19)18-10-7-13-3-2-4-15(16(13)11-18)14-5-8-17-9-6-14/h2-4,14,17H,5-11H2,1H3. The van der Waals surface area contributed by atoms with Gasteiger partial charge in [-0.05, 0) is 55.0 Å². The Morgan fingerprint density at radius 2 is 2.11 bits per heavy atom. The van der Waals surface area contributed by atoms with Gasteiger partial charge in [0, 0.05) is 20.0 Å². The molecule has 0 spiro atoms. The molecule has 1 fully saturated rings. The Labute approximate surface area is 115 Å². The van der Waals surface area contributed by atoms with Crippen LogP contribution in [0.15, 0.2) is 18.2 Å². The lowest BCUT2D eigenvalue weighted by Crippen LogP contribution is -2.35. The predicted molar refractivity (Wildman–Crippen MR) is 76.1 cm³/mol. The van der Waals surface area contributed by atoms with Crippen molar-refractivity contribution in [3.63, 3.8) is 0 Å². The summed E-state index contributed by atoms with van der Waals surface area (Å²) in [5, 5.41) is 3.43. The maximum atomic E-state index is 11.6. The fraction of sp³-hybridized carbons (Fsp3) is 0.562. The van der Waals surface area contributed by atoms with Crippen LogP contribution in [-0.2, 0) is 17.8 Å². The zero-order valence-electron chi connectivity index (χ0n) is 11.6. The summed E-state index contributed by atoms with van der Waals surface area (Å²) in [7, 11) is 0. The molecular weight excluding hydrogens is 236 g/mol. The molecule has 3 nitrogen and oxygen atoms in total. The summed E-state index contributed by atoms with van der Waals surface area (Å²) >= 11 is 0. The molecule has 0 atom stereocenters. The van der Waals surface area contributed by atoms with Gasteiger partial charge in [-0.25, -0.2) is 0 Å². The third kappa shape index (κ3) is 2.52. The highest BCUT2D eigenvalue weighted by molar-refractivity contribution is 5.73. The minimum atomic E-state index is 0.200. The molecule has 1 saturated heterocycles. The molecule has 19 heavy (non-hydrogen) atoms. The van der Waals surface area contributed by atoms with Gasteiger partial charge in [-0.2, -0.15) is 0 Å². The van der Waals surface area contributed by atoms with Crippen LogP contribution in [0.2, 0.25) is 0 Å². The zero-order valence-corrected chi connectivity index (χ0v) is 11.6. The van der Waals surface area contributed by atoms with Crippen molar-refractivity contribution in [2.24, 2.45) is 0 Å². The van der Waals surface area contributed by atoms with Gasteiger partial charge in [0.25, 0.3) is 0 Å². The molecule has 0 unspecified atom stereocenters. The highest BCUT2D eigenvalue weighted by Gasteiger charge is 2.24. The van der Waals surface area contributed by atoms with Crippen molar-refractivity contribution >= 4 is 5.91 Å². The van der Waals surface area contributed by atoms with E-state index in [1.807, 2.05) is 4.90 Å². The number of amides is 1. The molecule has 0 saturated carbocycles. The first-order valence-corrected chi connectivity index (χ1v) is 7.32. The van der Waals surface area contributed by atoms with Crippen LogP contribution in [0, 0.1) is 0 Å². The molecule has 0 radical (unpaired) electrons. The maximum Gasteiger partial charge on any atom is 0.219 e. The molecule has 1 N–H and O–H groups in total. The van der Waals surface area contributed by atoms with Crippen molar-refractivity contribution in [1.29, 1.82) is 0 Å². The summed E-state index contributed by atoms with van der Waals surface area (Å²) in [6, 6.07) is 6.70. The van der Waals surface area contributed by atoms with Crippen LogP contribution in [0.1, 0.15) is 42.4 Å². The molecule has 2 aliphatic rings. The third-order valence-electron chi connectivity index (χ3n) is 4.53. The van der Waals surface area contributed by atoms with Crippen LogP contribution in [0.25, 0.3) is 0 Å². The Hall–Kier alpha value is -1.35. The number of rotatable bonds is 1. The van der Waals surface area contributed by atoms with Crippen molar-refractivity contribution in [3.8, 4) is 0 Å². The molecule has 2 aliphatic heterocycles. The summed E-state index contributed by atoms with van der Waals surface area (Å²) in [4.78, 5) is 13.6. The molecule has 3 heteroatoms. The second kappa shape index (κ2) is 5.33. The van der Waals surface area contributed by atoms with Crippen molar-refractivity contribution < 1.29 is 4.79 Å². The van der Waals surface area contributed by atoms with E-state index in [2.05, 4.69) is 23.5 Å². The van der Waals surface area contributed by atoms with E-state index in [1.54, 1.807) is 6.92 Å². The predicted octanol–water partition coefficient (Wildman–Crippen LogP) is 2.06. The average molecular weight is 258 g/mol. The van der Waals surface area contributed by atoms with Crippen molar-refractivity contribution in [2.45, 2.75) is 38.6 Å². The van der Waals surface area contributed by atoms with E-state index in [-0.39, 0.29) is 5.91 Å². The summed E-state index contributed by atoms with van der Waals surface area (Å²) in [6.45, 7) is 5.59. The summed E-state index contributed by atoms with van der Waals surface area (Å²) in [5.41, 5.74) is 4.37. The van der Waals surface area contributed by atoms with Gasteiger partial charge < -0.3 is 10.2 Å². The monoisotopic (exact) mass is 258 g/mol. The molecule has 0 bridgehead atoms. The quantitative estimate of drug-likeness (QED) is 0.836. The largest absolute Gasteiger partial charge is 0.338 e. The van der Waals surface area contributed by atoms with E-state index < -0.39 is 0 Å². The van der Waals surface area contributed by atoms with E-state index in [4.69, 9.17) is 0 Å². The van der Waals surface area contributed by atoms with Gasteiger partial charge >= 0.3 is 0 Å². The van der Waals surface area contributed by atoms with E-state index in [0.717, 1.165) is 32.6 Å². The van der Waals surface area contributed by atoms with Crippen LogP contribution in [0.3, 0.4) is 0 Å². The van der Waals surface area contributed by atoms with Crippen LogP contribution >= 0.6 is 0 Å². The minimum absolute atomic E-state index is 0.200. The van der Waals surface area contributed by atoms with Crippen LogP contribution in [0.5, 0.6) is 0 Å². The Morgan fingerprint density at radius 1 is 1.32 bits per heavy atom. The Kier molecular flexibility index (Phi) is 3.56. The number of carbonyl (C=O) groups is 1. The van der Waals surface area contributed by atoms with Gasteiger partial charge in [0.15, 0.2) is 0 Å². The van der Waals surface area contributed by atoms with Crippen molar-refractivity contribution in [3.05, 3.63) is 34.9 Å². The van der Waals surface area contributed by atoms with Gasteiger partial charge in [-0.15, -0.1) is 0 Å². The average Bonchev–Trinajstić information content (AvgIpc) is 2.47. The number of nitrogens with one attached hydrogen (secondary N) is 1. The second-order valence-corrected chi connectivity index (χ2v) is 5.70. The molecule has 2 heterocycles. The SMILES string of the molecule is CC(=O)N1CCc2cccc(C3CCNCC3)c2C1. The van der Waals surface area contributed by atoms with E-state index in [1.165, 1.54) is 29.5 Å². The summed E-state index contributed by atoms with van der Waals surface area (Å²) in [5.74, 6) is 0.869. The van der Waals surface area contributed by atoms with Crippen LogP contribution < -0.4 is 5.32 Å². The lowest BCUT2D eigenvalue weighted by Gasteiger charge is -2.32. The van der Waals surface area contributed by atoms with E-state index in [9.17, 15) is 4.79 Å². The molecule has 1 aromatic rings. The van der Waals surface area contributed by atoms with Crippen LogP contribution in [0.4, 0.5) is 0 Å². The molecule has 3 rings (SSSR count). The third-order valence-corrected chi connectivity index (χ3v) is 4.53. The smallest absolute Gasteiger partial charge is 0.219 e. The van der Waals surface area contributed by atoms with E-state index >= 15 is 0 Å². The Morgan fingerprint density at radius 3 is 2.84 bits per heavy atom. The van der Waals surface area contributed by atoms with Gasteiger partial charge in [0.2, 0.25) is 5.91 Å². The van der Waals surface area contributed by atoms with Gasteiger partial charge in [0.05, 0.1) is 0 Å². The van der Waals surface area contributed by atoms with Gasteiger partial charge in [-0.3, -0.25) is 4.79 Å². The lowest BCUT2D eigenvalue weighted by atomic mass is 9.83. The molecule has 0 aromatic heterocycles.